The highest BCUT2D eigenvalue weighted by Gasteiger charge is 2.33. The van der Waals surface area contributed by atoms with Crippen LogP contribution in [0.3, 0.4) is 0 Å². The second kappa shape index (κ2) is 9.17. The maximum Gasteiger partial charge on any atom is 0.338 e. The van der Waals surface area contributed by atoms with Crippen molar-refractivity contribution in [3.63, 3.8) is 0 Å². The van der Waals surface area contributed by atoms with Gasteiger partial charge in [0.15, 0.2) is 4.80 Å². The molecule has 166 valence electrons. The lowest BCUT2D eigenvalue weighted by Crippen LogP contribution is -2.39. The number of allylic oxidation sites excluding steroid dienone is 1. The highest BCUT2D eigenvalue weighted by atomic mass is 32.1. The van der Waals surface area contributed by atoms with Crippen molar-refractivity contribution in [2.24, 2.45) is 4.99 Å². The van der Waals surface area contributed by atoms with Crippen LogP contribution in [0, 0.1) is 10.1 Å². The molecule has 0 spiro atoms. The predicted octanol–water partition coefficient (Wildman–Crippen LogP) is 2.87. The number of nitro benzene ring substituents is 1. The van der Waals surface area contributed by atoms with E-state index in [1.807, 2.05) is 30.3 Å². The molecule has 1 aliphatic heterocycles. The van der Waals surface area contributed by atoms with E-state index in [0.717, 1.165) is 5.56 Å². The Balaban J connectivity index is 1.88. The molecule has 0 amide bonds. The third kappa shape index (κ3) is 4.31. The van der Waals surface area contributed by atoms with Gasteiger partial charge in [-0.2, -0.15) is 0 Å². The highest BCUT2D eigenvalue weighted by molar-refractivity contribution is 7.07. The van der Waals surface area contributed by atoms with Crippen molar-refractivity contribution < 1.29 is 14.5 Å². The number of carbonyl (C=O) groups is 1. The molecule has 9 heteroatoms. The molecule has 2 heterocycles. The highest BCUT2D eigenvalue weighted by Crippen LogP contribution is 2.30. The normalized spacial score (nSPS) is 15.5. The minimum Gasteiger partial charge on any atom is -0.458 e. The minimum atomic E-state index is -0.696. The molecule has 8 nitrogen and oxygen atoms in total. The number of carbonyl (C=O) groups excluding carboxylic acids is 1. The summed E-state index contributed by atoms with van der Waals surface area (Å²) in [5, 5.41) is 10.9. The summed E-state index contributed by atoms with van der Waals surface area (Å²) in [6, 6.07) is 14.4. The van der Waals surface area contributed by atoms with Gasteiger partial charge in [0.1, 0.15) is 6.61 Å². The van der Waals surface area contributed by atoms with Crippen molar-refractivity contribution in [3.05, 3.63) is 119 Å². The number of thiazole rings is 1. The van der Waals surface area contributed by atoms with Crippen LogP contribution in [0.15, 0.2) is 88.3 Å². The van der Waals surface area contributed by atoms with E-state index < -0.39 is 16.9 Å². The molecular weight excluding hydrogens is 442 g/mol. The van der Waals surface area contributed by atoms with E-state index in [-0.39, 0.29) is 23.4 Å². The molecule has 3 aromatic rings. The Morgan fingerprint density at radius 2 is 1.94 bits per heavy atom. The summed E-state index contributed by atoms with van der Waals surface area (Å²) in [6.45, 7) is 5.33. The van der Waals surface area contributed by atoms with Crippen LogP contribution in [0.2, 0.25) is 0 Å². The number of aromatic nitrogens is 1. The quantitative estimate of drug-likeness (QED) is 0.243. The predicted molar refractivity (Wildman–Crippen MR) is 124 cm³/mol. The zero-order chi connectivity index (χ0) is 23.5. The summed E-state index contributed by atoms with van der Waals surface area (Å²) in [4.78, 5) is 41.7. The van der Waals surface area contributed by atoms with Crippen LogP contribution in [0.5, 0.6) is 0 Å². The van der Waals surface area contributed by atoms with Gasteiger partial charge < -0.3 is 4.74 Å². The smallest absolute Gasteiger partial charge is 0.338 e. The topological polar surface area (TPSA) is 104 Å². The molecule has 0 radical (unpaired) electrons. The molecule has 0 unspecified atom stereocenters. The third-order valence-corrected chi connectivity index (χ3v) is 6.07. The van der Waals surface area contributed by atoms with E-state index in [0.29, 0.717) is 20.6 Å². The van der Waals surface area contributed by atoms with E-state index >= 15 is 0 Å². The second-order valence-electron chi connectivity index (χ2n) is 7.23. The first-order chi connectivity index (χ1) is 15.9. The van der Waals surface area contributed by atoms with E-state index in [1.165, 1.54) is 34.1 Å². The van der Waals surface area contributed by atoms with Gasteiger partial charge in [0, 0.05) is 12.1 Å². The molecule has 2 aromatic carbocycles. The van der Waals surface area contributed by atoms with Gasteiger partial charge in [0.05, 0.1) is 26.8 Å². The summed E-state index contributed by atoms with van der Waals surface area (Å²) in [5.41, 5.74) is 1.81. The molecule has 0 N–H and O–H groups in total. The zero-order valence-electron chi connectivity index (χ0n) is 17.6. The lowest BCUT2D eigenvalue weighted by Gasteiger charge is -2.24. The number of nitro groups is 1. The van der Waals surface area contributed by atoms with Crippen LogP contribution in [-0.4, -0.2) is 22.1 Å². The summed E-state index contributed by atoms with van der Waals surface area (Å²) < 4.78 is 7.19. The number of fused-ring (bicyclic) bond motifs is 1. The molecule has 1 aliphatic rings. The van der Waals surface area contributed by atoms with Crippen molar-refractivity contribution >= 4 is 29.1 Å². The number of esters is 1. The minimum absolute atomic E-state index is 0.0315. The Hall–Kier alpha value is -4.11. The fraction of sp³-hybridized carbons (Fsp3) is 0.125. The van der Waals surface area contributed by atoms with E-state index in [2.05, 4.69) is 11.6 Å². The van der Waals surface area contributed by atoms with Gasteiger partial charge in [-0.05, 0) is 36.3 Å². The molecular formula is C24H19N3O5S. The molecule has 0 fully saturated rings. The first-order valence-electron chi connectivity index (χ1n) is 10.0. The van der Waals surface area contributed by atoms with Gasteiger partial charge >= 0.3 is 5.97 Å². The van der Waals surface area contributed by atoms with Crippen molar-refractivity contribution in [1.29, 1.82) is 0 Å². The van der Waals surface area contributed by atoms with Crippen LogP contribution < -0.4 is 14.9 Å². The zero-order valence-corrected chi connectivity index (χ0v) is 18.5. The Morgan fingerprint density at radius 3 is 2.58 bits per heavy atom. The van der Waals surface area contributed by atoms with Gasteiger partial charge in [-0.1, -0.05) is 54.3 Å². The van der Waals surface area contributed by atoms with Crippen molar-refractivity contribution in [2.75, 3.05) is 6.61 Å². The monoisotopic (exact) mass is 461 g/mol. The SMILES string of the molecule is C=CCOC(=O)C1=C(C)N=c2sc(=Cc3ccc([N+](=O)[O-])cc3)c(=O)n2[C@H]1c1ccccc1. The lowest BCUT2D eigenvalue weighted by molar-refractivity contribution is -0.384. The van der Waals surface area contributed by atoms with Gasteiger partial charge in [0.2, 0.25) is 0 Å². The van der Waals surface area contributed by atoms with Gasteiger partial charge in [0.25, 0.3) is 11.2 Å². The van der Waals surface area contributed by atoms with Crippen molar-refractivity contribution in [2.45, 2.75) is 13.0 Å². The maximum atomic E-state index is 13.4. The number of rotatable bonds is 6. The lowest BCUT2D eigenvalue weighted by atomic mass is 9.96. The van der Waals surface area contributed by atoms with Crippen LogP contribution in [0.1, 0.15) is 24.1 Å². The molecule has 0 saturated heterocycles. The number of hydrogen-bond acceptors (Lipinski definition) is 7. The summed E-state index contributed by atoms with van der Waals surface area (Å²) >= 11 is 1.19. The number of ether oxygens (including phenoxy) is 1. The molecule has 1 aromatic heterocycles. The average molecular weight is 461 g/mol. The van der Waals surface area contributed by atoms with Crippen LogP contribution in [0.25, 0.3) is 6.08 Å². The Labute approximate surface area is 192 Å². The Morgan fingerprint density at radius 1 is 1.24 bits per heavy atom. The number of nitrogens with zero attached hydrogens (tertiary/aromatic N) is 3. The van der Waals surface area contributed by atoms with Crippen LogP contribution in [0.4, 0.5) is 5.69 Å². The van der Waals surface area contributed by atoms with Crippen LogP contribution >= 0.6 is 11.3 Å². The van der Waals surface area contributed by atoms with Crippen molar-refractivity contribution in [1.82, 2.24) is 4.57 Å². The number of benzene rings is 2. The first-order valence-corrected chi connectivity index (χ1v) is 10.8. The molecule has 1 atom stereocenters. The second-order valence-corrected chi connectivity index (χ2v) is 8.24. The average Bonchev–Trinajstić information content (AvgIpc) is 3.11. The van der Waals surface area contributed by atoms with E-state index in [4.69, 9.17) is 4.74 Å². The summed E-state index contributed by atoms with van der Waals surface area (Å²) in [5.74, 6) is -0.561. The number of non-ortho nitro benzene ring substituents is 1. The van der Waals surface area contributed by atoms with Gasteiger partial charge in [-0.3, -0.25) is 19.5 Å². The largest absolute Gasteiger partial charge is 0.458 e. The molecule has 33 heavy (non-hydrogen) atoms. The van der Waals surface area contributed by atoms with Gasteiger partial charge in [-0.15, -0.1) is 0 Å². The fourth-order valence-corrected chi connectivity index (χ4v) is 4.64. The molecule has 0 saturated carbocycles. The molecule has 0 aliphatic carbocycles. The standard InChI is InChI=1S/C24H19N3O5S/c1-3-13-32-23(29)20-15(2)25-24-26(21(20)17-7-5-4-6-8-17)22(28)19(33-24)14-16-9-11-18(12-10-16)27(30)31/h3-12,14,21H,1,13H2,2H3/t21-/m0/s1. The van der Waals surface area contributed by atoms with Crippen molar-refractivity contribution in [3.8, 4) is 0 Å². The number of hydrogen-bond donors (Lipinski definition) is 0. The third-order valence-electron chi connectivity index (χ3n) is 5.09. The maximum absolute atomic E-state index is 13.4. The molecule has 0 bridgehead atoms. The fourth-order valence-electron chi connectivity index (χ4n) is 3.59. The Kier molecular flexibility index (Phi) is 6.14. The van der Waals surface area contributed by atoms with Gasteiger partial charge in [-0.25, -0.2) is 9.79 Å². The first kappa shape index (κ1) is 22.1. The molecule has 4 rings (SSSR count). The van der Waals surface area contributed by atoms with E-state index in [9.17, 15) is 19.7 Å². The summed E-state index contributed by atoms with van der Waals surface area (Å²) in [7, 11) is 0. The Bertz CT molecular complexity index is 1450. The van der Waals surface area contributed by atoms with E-state index in [1.54, 1.807) is 25.1 Å². The summed E-state index contributed by atoms with van der Waals surface area (Å²) in [6.07, 6.45) is 3.13. The van der Waals surface area contributed by atoms with Crippen LogP contribution in [-0.2, 0) is 9.53 Å².